The number of aliphatic hydroxyl groups is 1. The van der Waals surface area contributed by atoms with Crippen molar-refractivity contribution >= 4 is 5.69 Å². The molecule has 17 heavy (non-hydrogen) atoms. The van der Waals surface area contributed by atoms with Gasteiger partial charge in [0.2, 0.25) is 5.88 Å². The first-order valence-electron chi connectivity index (χ1n) is 6.24. The minimum Gasteiger partial charge on any atom is -0.475 e. The number of anilines is 1. The van der Waals surface area contributed by atoms with Crippen LogP contribution < -0.4 is 10.1 Å². The number of rotatable bonds is 5. The molecule has 2 atom stereocenters. The largest absolute Gasteiger partial charge is 0.475 e. The van der Waals surface area contributed by atoms with Gasteiger partial charge in [0.1, 0.15) is 6.61 Å². The Bertz CT molecular complexity index is 340. The van der Waals surface area contributed by atoms with Gasteiger partial charge in [0.25, 0.3) is 0 Å². The van der Waals surface area contributed by atoms with Crippen molar-refractivity contribution in [1.29, 1.82) is 0 Å². The molecule has 1 fully saturated rings. The van der Waals surface area contributed by atoms with E-state index >= 15 is 0 Å². The lowest BCUT2D eigenvalue weighted by atomic mass is 10.1. The fourth-order valence-corrected chi connectivity index (χ4v) is 2.28. The molecule has 1 aliphatic carbocycles. The average Bonchev–Trinajstić information content (AvgIpc) is 2.74. The summed E-state index contributed by atoms with van der Waals surface area (Å²) in [5, 5.41) is 12.1. The van der Waals surface area contributed by atoms with E-state index in [9.17, 15) is 0 Å². The minimum absolute atomic E-state index is 0.0155. The Hall–Kier alpha value is -1.29. The molecule has 2 rings (SSSR count). The van der Waals surface area contributed by atoms with Crippen molar-refractivity contribution in [2.24, 2.45) is 5.92 Å². The third kappa shape index (κ3) is 3.60. The Balaban J connectivity index is 1.85. The highest BCUT2D eigenvalue weighted by molar-refractivity contribution is 5.43. The van der Waals surface area contributed by atoms with Gasteiger partial charge in [-0.25, -0.2) is 4.98 Å². The second kappa shape index (κ2) is 5.87. The van der Waals surface area contributed by atoms with E-state index in [4.69, 9.17) is 9.84 Å². The van der Waals surface area contributed by atoms with Crippen LogP contribution in [0.25, 0.3) is 0 Å². The highest BCUT2D eigenvalue weighted by Gasteiger charge is 2.20. The Morgan fingerprint density at radius 3 is 2.94 bits per heavy atom. The first kappa shape index (κ1) is 12.2. The van der Waals surface area contributed by atoms with Crippen molar-refractivity contribution in [2.75, 3.05) is 18.5 Å². The van der Waals surface area contributed by atoms with E-state index in [-0.39, 0.29) is 6.61 Å². The summed E-state index contributed by atoms with van der Waals surface area (Å²) in [7, 11) is 0. The highest BCUT2D eigenvalue weighted by Crippen LogP contribution is 2.27. The molecule has 1 saturated carbocycles. The molecule has 0 radical (unpaired) electrons. The number of pyridine rings is 1. The molecule has 0 amide bonds. The number of hydrogen-bond donors (Lipinski definition) is 2. The molecule has 1 heterocycles. The van der Waals surface area contributed by atoms with Crippen molar-refractivity contribution < 1.29 is 9.84 Å². The molecule has 0 saturated heterocycles. The number of aromatic nitrogens is 1. The van der Waals surface area contributed by atoms with Gasteiger partial charge in [0.15, 0.2) is 0 Å². The molecule has 0 spiro atoms. The van der Waals surface area contributed by atoms with Gasteiger partial charge in [0, 0.05) is 12.1 Å². The van der Waals surface area contributed by atoms with Gasteiger partial charge in [-0.15, -0.1) is 0 Å². The zero-order valence-electron chi connectivity index (χ0n) is 10.2. The zero-order chi connectivity index (χ0) is 12.1. The first-order chi connectivity index (χ1) is 8.28. The molecule has 0 bridgehead atoms. The third-order valence-corrected chi connectivity index (χ3v) is 3.14. The number of hydrogen-bond acceptors (Lipinski definition) is 4. The zero-order valence-corrected chi connectivity index (χ0v) is 10.2. The number of ether oxygens (including phenoxy) is 1. The van der Waals surface area contributed by atoms with Crippen LogP contribution >= 0.6 is 0 Å². The predicted octanol–water partition coefficient (Wildman–Crippen LogP) is 2.05. The van der Waals surface area contributed by atoms with Crippen LogP contribution in [-0.2, 0) is 0 Å². The Labute approximate surface area is 102 Å². The molecule has 2 N–H and O–H groups in total. The van der Waals surface area contributed by atoms with Crippen LogP contribution in [0.2, 0.25) is 0 Å². The van der Waals surface area contributed by atoms with Crippen molar-refractivity contribution in [3.8, 4) is 5.88 Å². The average molecular weight is 236 g/mol. The predicted molar refractivity (Wildman–Crippen MR) is 67.2 cm³/mol. The lowest BCUT2D eigenvalue weighted by Crippen LogP contribution is -2.15. The van der Waals surface area contributed by atoms with Gasteiger partial charge < -0.3 is 15.2 Å². The maximum Gasteiger partial charge on any atom is 0.213 e. The van der Waals surface area contributed by atoms with Gasteiger partial charge in [0.05, 0.1) is 18.5 Å². The molecule has 1 aromatic heterocycles. The molecule has 0 aliphatic heterocycles. The molecular formula is C13H20N2O2. The van der Waals surface area contributed by atoms with Crippen LogP contribution in [0.5, 0.6) is 5.88 Å². The quantitative estimate of drug-likeness (QED) is 0.821. The Kier molecular flexibility index (Phi) is 4.20. The molecule has 1 aromatic rings. The number of nitrogens with one attached hydrogen (secondary N) is 1. The smallest absolute Gasteiger partial charge is 0.213 e. The van der Waals surface area contributed by atoms with Gasteiger partial charge >= 0.3 is 0 Å². The standard InChI is InChI=1S/C13H20N2O2/c1-10-2-3-11(8-10)15-12-4-5-13(14-9-12)17-7-6-16/h4-5,9-11,15-16H,2-3,6-8H2,1H3. The molecule has 2 unspecified atom stereocenters. The van der Waals surface area contributed by atoms with Crippen molar-refractivity contribution in [3.63, 3.8) is 0 Å². The first-order valence-corrected chi connectivity index (χ1v) is 6.24. The molecule has 1 aliphatic rings. The van der Waals surface area contributed by atoms with E-state index in [0.29, 0.717) is 18.5 Å². The monoisotopic (exact) mass is 236 g/mol. The minimum atomic E-state index is 0.0155. The third-order valence-electron chi connectivity index (χ3n) is 3.14. The fourth-order valence-electron chi connectivity index (χ4n) is 2.28. The van der Waals surface area contributed by atoms with E-state index in [1.165, 1.54) is 19.3 Å². The van der Waals surface area contributed by atoms with E-state index in [1.807, 2.05) is 12.1 Å². The Morgan fingerprint density at radius 2 is 2.35 bits per heavy atom. The summed E-state index contributed by atoms with van der Waals surface area (Å²) >= 11 is 0. The van der Waals surface area contributed by atoms with E-state index < -0.39 is 0 Å². The van der Waals surface area contributed by atoms with Crippen LogP contribution in [0.4, 0.5) is 5.69 Å². The van der Waals surface area contributed by atoms with Crippen molar-refractivity contribution in [1.82, 2.24) is 4.98 Å². The molecule has 4 heteroatoms. The summed E-state index contributed by atoms with van der Waals surface area (Å²) in [4.78, 5) is 4.18. The SMILES string of the molecule is CC1CCC(Nc2ccc(OCCO)nc2)C1. The highest BCUT2D eigenvalue weighted by atomic mass is 16.5. The lowest BCUT2D eigenvalue weighted by molar-refractivity contribution is 0.196. The molecule has 94 valence electrons. The van der Waals surface area contributed by atoms with Crippen molar-refractivity contribution in [3.05, 3.63) is 18.3 Å². The van der Waals surface area contributed by atoms with E-state index in [0.717, 1.165) is 11.6 Å². The van der Waals surface area contributed by atoms with Crippen LogP contribution in [0, 0.1) is 5.92 Å². The summed E-state index contributed by atoms with van der Waals surface area (Å²) in [6.45, 7) is 2.60. The van der Waals surface area contributed by atoms with Gasteiger partial charge in [-0.3, -0.25) is 0 Å². The topological polar surface area (TPSA) is 54.4 Å². The van der Waals surface area contributed by atoms with Crippen LogP contribution in [0.1, 0.15) is 26.2 Å². The van der Waals surface area contributed by atoms with Crippen LogP contribution in [-0.4, -0.2) is 29.3 Å². The maximum atomic E-state index is 8.63. The summed E-state index contributed by atoms with van der Waals surface area (Å²) in [5.41, 5.74) is 1.04. The van der Waals surface area contributed by atoms with Crippen molar-refractivity contribution in [2.45, 2.75) is 32.2 Å². The Morgan fingerprint density at radius 1 is 1.47 bits per heavy atom. The van der Waals surface area contributed by atoms with Crippen LogP contribution in [0.15, 0.2) is 18.3 Å². The van der Waals surface area contributed by atoms with E-state index in [1.54, 1.807) is 6.20 Å². The van der Waals surface area contributed by atoms with Gasteiger partial charge in [-0.1, -0.05) is 6.92 Å². The number of nitrogens with zero attached hydrogens (tertiary/aromatic N) is 1. The summed E-state index contributed by atoms with van der Waals surface area (Å²) in [5.74, 6) is 1.39. The van der Waals surface area contributed by atoms with E-state index in [2.05, 4.69) is 17.2 Å². The summed E-state index contributed by atoms with van der Waals surface area (Å²) < 4.78 is 5.21. The maximum absolute atomic E-state index is 8.63. The second-order valence-corrected chi connectivity index (χ2v) is 4.72. The second-order valence-electron chi connectivity index (χ2n) is 4.72. The molecule has 4 nitrogen and oxygen atoms in total. The molecule has 0 aromatic carbocycles. The number of aliphatic hydroxyl groups excluding tert-OH is 1. The molecular weight excluding hydrogens is 216 g/mol. The van der Waals surface area contributed by atoms with Gasteiger partial charge in [-0.2, -0.15) is 0 Å². The summed E-state index contributed by atoms with van der Waals surface area (Å²) in [6.07, 6.45) is 5.57. The van der Waals surface area contributed by atoms with Crippen LogP contribution in [0.3, 0.4) is 0 Å². The lowest BCUT2D eigenvalue weighted by Gasteiger charge is -2.13. The fraction of sp³-hybridized carbons (Fsp3) is 0.615. The van der Waals surface area contributed by atoms with Gasteiger partial charge in [-0.05, 0) is 31.2 Å². The summed E-state index contributed by atoms with van der Waals surface area (Å²) in [6, 6.07) is 4.38. The normalized spacial score (nSPS) is 23.6.